The van der Waals surface area contributed by atoms with Gasteiger partial charge in [-0.15, -0.1) is 0 Å². The molecule has 2 aromatic carbocycles. The van der Waals surface area contributed by atoms with Crippen molar-refractivity contribution >= 4 is 0 Å². The summed E-state index contributed by atoms with van der Waals surface area (Å²) in [5.41, 5.74) is 4.25. The molecule has 0 spiro atoms. The Kier molecular flexibility index (Phi) is 8.11. The molecule has 0 atom stereocenters. The number of unbranched alkanes of at least 4 members (excludes halogenated alkanes) is 7. The number of rotatable bonds is 10. The van der Waals surface area contributed by atoms with Crippen molar-refractivity contribution in [2.24, 2.45) is 0 Å². The summed E-state index contributed by atoms with van der Waals surface area (Å²) in [6.45, 7) is 2.26. The highest BCUT2D eigenvalue weighted by Gasteiger charge is 2.09. The molecular weight excluding hydrogens is 290 g/mol. The van der Waals surface area contributed by atoms with Gasteiger partial charge in [0.1, 0.15) is 6.07 Å². The molecule has 126 valence electrons. The lowest BCUT2D eigenvalue weighted by Crippen LogP contribution is -1.94. The normalized spacial score (nSPS) is 10.5. The van der Waals surface area contributed by atoms with Crippen molar-refractivity contribution in [1.82, 2.24) is 0 Å². The van der Waals surface area contributed by atoms with E-state index < -0.39 is 0 Å². The summed E-state index contributed by atoms with van der Waals surface area (Å²) in [6.07, 6.45) is 11.6. The lowest BCUT2D eigenvalue weighted by atomic mass is 9.93. The summed E-state index contributed by atoms with van der Waals surface area (Å²) in [5, 5.41) is 9.63. The van der Waals surface area contributed by atoms with Gasteiger partial charge in [0.15, 0.2) is 0 Å². The SMILES string of the molecule is CCCCCCCCCCc1cccc(-c2ccccc2)c1C#N. The number of hydrogen-bond acceptors (Lipinski definition) is 1. The lowest BCUT2D eigenvalue weighted by molar-refractivity contribution is 0.575. The highest BCUT2D eigenvalue weighted by atomic mass is 14.3. The van der Waals surface area contributed by atoms with Crippen LogP contribution in [0.25, 0.3) is 11.1 Å². The largest absolute Gasteiger partial charge is 0.192 e. The van der Waals surface area contributed by atoms with Gasteiger partial charge in [-0.25, -0.2) is 0 Å². The summed E-state index contributed by atoms with van der Waals surface area (Å²) in [5.74, 6) is 0. The minimum Gasteiger partial charge on any atom is -0.192 e. The predicted molar refractivity (Wildman–Crippen MR) is 103 cm³/mol. The maximum atomic E-state index is 9.63. The van der Waals surface area contributed by atoms with Crippen LogP contribution in [0.15, 0.2) is 48.5 Å². The molecule has 2 rings (SSSR count). The minimum atomic E-state index is 0.853. The molecule has 0 aromatic heterocycles. The zero-order chi connectivity index (χ0) is 17.0. The van der Waals surface area contributed by atoms with Crippen molar-refractivity contribution in [3.63, 3.8) is 0 Å². The Morgan fingerprint density at radius 1 is 0.750 bits per heavy atom. The zero-order valence-electron chi connectivity index (χ0n) is 14.9. The van der Waals surface area contributed by atoms with Crippen molar-refractivity contribution in [3.8, 4) is 17.2 Å². The lowest BCUT2D eigenvalue weighted by Gasteiger charge is -2.10. The van der Waals surface area contributed by atoms with Crippen LogP contribution in [-0.2, 0) is 6.42 Å². The molecule has 2 aromatic rings. The molecule has 0 radical (unpaired) electrons. The molecular formula is C23H29N. The third kappa shape index (κ3) is 5.53. The van der Waals surface area contributed by atoms with Gasteiger partial charge in [-0.3, -0.25) is 0 Å². The number of benzene rings is 2. The average molecular weight is 319 g/mol. The van der Waals surface area contributed by atoms with Crippen LogP contribution in [0.4, 0.5) is 0 Å². The second-order valence-electron chi connectivity index (χ2n) is 6.54. The number of nitriles is 1. The van der Waals surface area contributed by atoms with E-state index in [9.17, 15) is 5.26 Å². The van der Waals surface area contributed by atoms with Crippen LogP contribution >= 0.6 is 0 Å². The molecule has 0 saturated carbocycles. The first-order chi connectivity index (χ1) is 11.9. The van der Waals surface area contributed by atoms with Crippen molar-refractivity contribution in [3.05, 3.63) is 59.7 Å². The van der Waals surface area contributed by atoms with Gasteiger partial charge in [0.25, 0.3) is 0 Å². The average Bonchev–Trinajstić information content (AvgIpc) is 2.64. The quantitative estimate of drug-likeness (QED) is 0.436. The van der Waals surface area contributed by atoms with E-state index in [1.165, 1.54) is 56.9 Å². The zero-order valence-corrected chi connectivity index (χ0v) is 14.9. The van der Waals surface area contributed by atoms with E-state index in [4.69, 9.17) is 0 Å². The van der Waals surface area contributed by atoms with Crippen LogP contribution in [0.1, 0.15) is 69.4 Å². The molecule has 0 N–H and O–H groups in total. The summed E-state index contributed by atoms with van der Waals surface area (Å²) >= 11 is 0. The van der Waals surface area contributed by atoms with E-state index in [2.05, 4.69) is 43.3 Å². The smallest absolute Gasteiger partial charge is 0.100 e. The summed E-state index contributed by atoms with van der Waals surface area (Å²) in [7, 11) is 0. The van der Waals surface area contributed by atoms with E-state index in [0.717, 1.165) is 23.1 Å². The predicted octanol–water partition coefficient (Wildman–Crippen LogP) is 6.91. The Hall–Kier alpha value is -2.07. The Morgan fingerprint density at radius 3 is 2.08 bits per heavy atom. The number of hydrogen-bond donors (Lipinski definition) is 0. The van der Waals surface area contributed by atoms with Gasteiger partial charge in [-0.05, 0) is 29.5 Å². The highest BCUT2D eigenvalue weighted by Crippen LogP contribution is 2.26. The molecule has 0 aliphatic carbocycles. The molecule has 0 aliphatic heterocycles. The van der Waals surface area contributed by atoms with Crippen molar-refractivity contribution in [2.75, 3.05) is 0 Å². The van der Waals surface area contributed by atoms with Crippen LogP contribution in [-0.4, -0.2) is 0 Å². The van der Waals surface area contributed by atoms with Crippen LogP contribution in [0.3, 0.4) is 0 Å². The monoisotopic (exact) mass is 319 g/mol. The van der Waals surface area contributed by atoms with E-state index in [1.54, 1.807) is 0 Å². The molecule has 0 aliphatic rings. The van der Waals surface area contributed by atoms with Gasteiger partial charge in [0.2, 0.25) is 0 Å². The van der Waals surface area contributed by atoms with E-state index in [0.29, 0.717) is 0 Å². The third-order valence-corrected chi connectivity index (χ3v) is 4.65. The Labute approximate surface area is 147 Å². The topological polar surface area (TPSA) is 23.8 Å². The fourth-order valence-electron chi connectivity index (χ4n) is 3.25. The van der Waals surface area contributed by atoms with Crippen LogP contribution < -0.4 is 0 Å². The highest BCUT2D eigenvalue weighted by molar-refractivity contribution is 5.72. The molecule has 0 saturated heterocycles. The van der Waals surface area contributed by atoms with E-state index >= 15 is 0 Å². The molecule has 24 heavy (non-hydrogen) atoms. The van der Waals surface area contributed by atoms with Gasteiger partial charge < -0.3 is 0 Å². The first-order valence-electron chi connectivity index (χ1n) is 9.44. The first kappa shape index (κ1) is 18.3. The third-order valence-electron chi connectivity index (χ3n) is 4.65. The summed E-state index contributed by atoms with van der Waals surface area (Å²) < 4.78 is 0. The Morgan fingerprint density at radius 2 is 1.42 bits per heavy atom. The fraction of sp³-hybridized carbons (Fsp3) is 0.435. The second kappa shape index (κ2) is 10.7. The molecule has 0 amide bonds. The van der Waals surface area contributed by atoms with Gasteiger partial charge in [-0.1, -0.05) is 100 Å². The van der Waals surface area contributed by atoms with Crippen LogP contribution in [0.5, 0.6) is 0 Å². The Balaban J connectivity index is 1.89. The number of aryl methyl sites for hydroxylation is 1. The van der Waals surface area contributed by atoms with Gasteiger partial charge in [-0.2, -0.15) is 5.26 Å². The van der Waals surface area contributed by atoms with Crippen LogP contribution in [0.2, 0.25) is 0 Å². The molecule has 0 unspecified atom stereocenters. The van der Waals surface area contributed by atoms with Gasteiger partial charge in [0, 0.05) is 0 Å². The molecule has 0 heterocycles. The molecule has 0 fully saturated rings. The summed E-state index contributed by atoms with van der Waals surface area (Å²) in [6, 6.07) is 18.9. The minimum absolute atomic E-state index is 0.853. The second-order valence-corrected chi connectivity index (χ2v) is 6.54. The van der Waals surface area contributed by atoms with E-state index in [-0.39, 0.29) is 0 Å². The molecule has 1 nitrogen and oxygen atoms in total. The van der Waals surface area contributed by atoms with Crippen molar-refractivity contribution in [1.29, 1.82) is 5.26 Å². The van der Waals surface area contributed by atoms with Gasteiger partial charge in [0.05, 0.1) is 5.56 Å². The maximum absolute atomic E-state index is 9.63. The fourth-order valence-corrected chi connectivity index (χ4v) is 3.25. The standard InChI is InChI=1S/C23H29N/c1-2-3-4-5-6-7-8-10-16-21-17-13-18-22(23(21)19-24)20-14-11-9-12-15-20/h9,11-15,17-18H,2-8,10,16H2,1H3. The maximum Gasteiger partial charge on any atom is 0.100 e. The molecule has 1 heteroatoms. The Bertz CT molecular complexity index is 637. The summed E-state index contributed by atoms with van der Waals surface area (Å²) in [4.78, 5) is 0. The van der Waals surface area contributed by atoms with Crippen molar-refractivity contribution < 1.29 is 0 Å². The van der Waals surface area contributed by atoms with E-state index in [1.807, 2.05) is 18.2 Å². The number of nitrogens with zero attached hydrogens (tertiary/aromatic N) is 1. The molecule has 0 bridgehead atoms. The van der Waals surface area contributed by atoms with Crippen molar-refractivity contribution in [2.45, 2.75) is 64.7 Å². The van der Waals surface area contributed by atoms with Crippen LogP contribution in [0, 0.1) is 11.3 Å². The van der Waals surface area contributed by atoms with Gasteiger partial charge >= 0.3 is 0 Å². The first-order valence-corrected chi connectivity index (χ1v) is 9.44.